The molecule has 0 radical (unpaired) electrons. The second kappa shape index (κ2) is 12.8. The summed E-state index contributed by atoms with van der Waals surface area (Å²) in [5, 5.41) is 9.48. The van der Waals surface area contributed by atoms with Gasteiger partial charge in [-0.2, -0.15) is 18.3 Å². The summed E-state index contributed by atoms with van der Waals surface area (Å²) in [6.07, 6.45) is 2.51. The molecule has 3 heterocycles. The summed E-state index contributed by atoms with van der Waals surface area (Å²) in [5.41, 5.74) is 3.99. The van der Waals surface area contributed by atoms with Crippen LogP contribution in [0.4, 0.5) is 35.2 Å². The minimum absolute atomic E-state index is 0.00364. The molecule has 0 atom stereocenters. The Balaban J connectivity index is 1.13. The largest absolute Gasteiger partial charge is 0.424 e. The second-order valence-electron chi connectivity index (χ2n) is 10.8. The number of nitrogens with zero attached hydrogens (tertiary/aromatic N) is 6. The van der Waals surface area contributed by atoms with Gasteiger partial charge in [-0.15, -0.1) is 0 Å². The maximum absolute atomic E-state index is 13.5. The first-order valence-corrected chi connectivity index (χ1v) is 14.6. The number of amides is 2. The molecule has 10 nitrogen and oxygen atoms in total. The molecule has 47 heavy (non-hydrogen) atoms. The van der Waals surface area contributed by atoms with Crippen LogP contribution in [0, 0.1) is 0 Å². The molecule has 0 aliphatic carbocycles. The molecule has 6 aromatic rings. The SMILES string of the molecule is CCc1ccc(-c2ccc(C(F)(F)F)cc2NC(=O)Nc2cnc(Oc3ccc(-c4cnn5ccc(N(C)C)nc45)cc3)nc2)cc1. The lowest BCUT2D eigenvalue weighted by Crippen LogP contribution is -2.20. The van der Waals surface area contributed by atoms with E-state index in [-0.39, 0.29) is 17.4 Å². The fraction of sp³-hybridized carbons (Fsp3) is 0.147. The Morgan fingerprint density at radius 2 is 1.55 bits per heavy atom. The molecule has 0 saturated heterocycles. The van der Waals surface area contributed by atoms with Crippen molar-refractivity contribution >= 4 is 28.9 Å². The Morgan fingerprint density at radius 1 is 0.872 bits per heavy atom. The standard InChI is InChI=1S/C34H29F3N8O2/c1-4-21-5-7-22(8-6-21)27-14-11-24(34(35,36)37)17-29(27)42-32(46)41-25-18-38-33(39-19-25)47-26-12-9-23(10-13-26)28-20-40-45-16-15-30(44(2)3)43-31(28)45/h5-20H,4H2,1-3H3,(H2,41,42,46). The number of anilines is 3. The predicted octanol–water partition coefficient (Wildman–Crippen LogP) is 7.94. The molecule has 238 valence electrons. The number of benzene rings is 3. The monoisotopic (exact) mass is 638 g/mol. The normalized spacial score (nSPS) is 11.4. The van der Waals surface area contributed by atoms with Crippen molar-refractivity contribution in [3.05, 3.63) is 109 Å². The lowest BCUT2D eigenvalue weighted by Gasteiger charge is -2.15. The summed E-state index contributed by atoms with van der Waals surface area (Å²) in [5.74, 6) is 1.29. The number of carbonyl (C=O) groups excluding carboxylic acids is 1. The Hall–Kier alpha value is -5.98. The number of aryl methyl sites for hydroxylation is 1. The van der Waals surface area contributed by atoms with Crippen molar-refractivity contribution in [2.45, 2.75) is 19.5 Å². The topological polar surface area (TPSA) is 110 Å². The number of rotatable bonds is 8. The molecule has 0 spiro atoms. The number of urea groups is 1. The van der Waals surface area contributed by atoms with Crippen LogP contribution >= 0.6 is 0 Å². The quantitative estimate of drug-likeness (QED) is 0.174. The molecule has 0 aliphatic heterocycles. The molecule has 13 heteroatoms. The Morgan fingerprint density at radius 3 is 2.21 bits per heavy atom. The average Bonchev–Trinajstić information content (AvgIpc) is 3.49. The van der Waals surface area contributed by atoms with Crippen molar-refractivity contribution in [2.24, 2.45) is 0 Å². The smallest absolute Gasteiger partial charge is 0.416 e. The number of hydrogen-bond donors (Lipinski definition) is 2. The Bertz CT molecular complexity index is 2030. The molecule has 0 unspecified atom stereocenters. The Labute approximate surface area is 267 Å². The summed E-state index contributed by atoms with van der Waals surface area (Å²) >= 11 is 0. The number of ether oxygens (including phenoxy) is 1. The highest BCUT2D eigenvalue weighted by Gasteiger charge is 2.31. The summed E-state index contributed by atoms with van der Waals surface area (Å²) in [6.45, 7) is 2.01. The number of hydrogen-bond acceptors (Lipinski definition) is 7. The zero-order chi connectivity index (χ0) is 33.1. The number of nitrogens with one attached hydrogen (secondary N) is 2. The summed E-state index contributed by atoms with van der Waals surface area (Å²) in [4.78, 5) is 27.8. The van der Waals surface area contributed by atoms with Crippen LogP contribution in [0.2, 0.25) is 0 Å². The lowest BCUT2D eigenvalue weighted by atomic mass is 9.99. The van der Waals surface area contributed by atoms with Crippen LogP contribution in [0.25, 0.3) is 27.9 Å². The zero-order valence-electron chi connectivity index (χ0n) is 25.6. The van der Waals surface area contributed by atoms with Gasteiger partial charge in [0.2, 0.25) is 0 Å². The summed E-state index contributed by atoms with van der Waals surface area (Å²) < 4.78 is 48.0. The van der Waals surface area contributed by atoms with Gasteiger partial charge in [-0.25, -0.2) is 24.3 Å². The van der Waals surface area contributed by atoms with Crippen molar-refractivity contribution in [1.29, 1.82) is 0 Å². The van der Waals surface area contributed by atoms with Gasteiger partial charge in [-0.05, 0) is 53.4 Å². The molecular formula is C34H29F3N8O2. The van der Waals surface area contributed by atoms with E-state index in [0.717, 1.165) is 46.7 Å². The number of halogens is 3. The first-order valence-electron chi connectivity index (χ1n) is 14.6. The molecule has 0 bridgehead atoms. The maximum Gasteiger partial charge on any atom is 0.416 e. The average molecular weight is 639 g/mol. The van der Waals surface area contributed by atoms with Gasteiger partial charge in [0.05, 0.1) is 35.5 Å². The van der Waals surface area contributed by atoms with Gasteiger partial charge in [0.15, 0.2) is 5.65 Å². The van der Waals surface area contributed by atoms with E-state index in [1.807, 2.05) is 74.6 Å². The van der Waals surface area contributed by atoms with E-state index < -0.39 is 17.8 Å². The highest BCUT2D eigenvalue weighted by molar-refractivity contribution is 6.02. The fourth-order valence-electron chi connectivity index (χ4n) is 4.83. The molecule has 6 rings (SSSR count). The lowest BCUT2D eigenvalue weighted by molar-refractivity contribution is -0.137. The van der Waals surface area contributed by atoms with Crippen molar-refractivity contribution in [3.63, 3.8) is 0 Å². The summed E-state index contributed by atoms with van der Waals surface area (Å²) in [7, 11) is 3.84. The molecule has 3 aromatic heterocycles. The number of aromatic nitrogens is 5. The van der Waals surface area contributed by atoms with E-state index in [9.17, 15) is 18.0 Å². The third kappa shape index (κ3) is 6.98. The van der Waals surface area contributed by atoms with E-state index in [2.05, 4.69) is 30.7 Å². The van der Waals surface area contributed by atoms with E-state index in [1.165, 1.54) is 18.5 Å². The van der Waals surface area contributed by atoms with Crippen LogP contribution in [-0.4, -0.2) is 44.7 Å². The van der Waals surface area contributed by atoms with Crippen LogP contribution in [0.1, 0.15) is 18.1 Å². The van der Waals surface area contributed by atoms with Crippen LogP contribution in [0.15, 0.2) is 97.6 Å². The van der Waals surface area contributed by atoms with E-state index in [1.54, 1.807) is 22.8 Å². The summed E-state index contributed by atoms with van der Waals surface area (Å²) in [6, 6.07) is 19.1. The Kier molecular flexibility index (Phi) is 8.44. The van der Waals surface area contributed by atoms with Gasteiger partial charge >= 0.3 is 18.2 Å². The van der Waals surface area contributed by atoms with Gasteiger partial charge in [0, 0.05) is 31.4 Å². The van der Waals surface area contributed by atoms with E-state index in [4.69, 9.17) is 4.74 Å². The number of carbonyl (C=O) groups is 1. The highest BCUT2D eigenvalue weighted by Crippen LogP contribution is 2.36. The molecular weight excluding hydrogens is 609 g/mol. The van der Waals surface area contributed by atoms with E-state index in [0.29, 0.717) is 16.9 Å². The van der Waals surface area contributed by atoms with Crippen LogP contribution in [-0.2, 0) is 12.6 Å². The van der Waals surface area contributed by atoms with Crippen LogP contribution in [0.5, 0.6) is 11.8 Å². The maximum atomic E-state index is 13.5. The van der Waals surface area contributed by atoms with Crippen LogP contribution < -0.4 is 20.3 Å². The van der Waals surface area contributed by atoms with Crippen molar-refractivity contribution in [1.82, 2.24) is 24.6 Å². The number of alkyl halides is 3. The van der Waals surface area contributed by atoms with Crippen molar-refractivity contribution in [2.75, 3.05) is 29.6 Å². The first kappa shape index (κ1) is 31.0. The van der Waals surface area contributed by atoms with Crippen molar-refractivity contribution in [3.8, 4) is 34.0 Å². The van der Waals surface area contributed by atoms with Crippen LogP contribution in [0.3, 0.4) is 0 Å². The zero-order valence-corrected chi connectivity index (χ0v) is 25.6. The van der Waals surface area contributed by atoms with Crippen molar-refractivity contribution < 1.29 is 22.7 Å². The third-order valence-corrected chi connectivity index (χ3v) is 7.34. The first-order chi connectivity index (χ1) is 22.6. The van der Waals surface area contributed by atoms with Gasteiger partial charge in [-0.3, -0.25) is 0 Å². The highest BCUT2D eigenvalue weighted by atomic mass is 19.4. The van der Waals surface area contributed by atoms with E-state index >= 15 is 0 Å². The molecule has 3 aromatic carbocycles. The predicted molar refractivity (Wildman–Crippen MR) is 174 cm³/mol. The second-order valence-corrected chi connectivity index (χ2v) is 10.8. The third-order valence-electron chi connectivity index (χ3n) is 7.34. The number of fused-ring (bicyclic) bond motifs is 1. The molecule has 2 amide bonds. The van der Waals surface area contributed by atoms with Gasteiger partial charge < -0.3 is 20.3 Å². The molecule has 0 aliphatic rings. The van der Waals surface area contributed by atoms with Gasteiger partial charge in [0.1, 0.15) is 11.6 Å². The molecule has 0 saturated carbocycles. The fourth-order valence-corrected chi connectivity index (χ4v) is 4.83. The molecule has 0 fully saturated rings. The van der Waals surface area contributed by atoms with Gasteiger partial charge in [0.25, 0.3) is 0 Å². The van der Waals surface area contributed by atoms with Gasteiger partial charge in [-0.1, -0.05) is 49.4 Å². The molecule has 2 N–H and O–H groups in total. The minimum atomic E-state index is -4.58. The minimum Gasteiger partial charge on any atom is -0.424 e.